The highest BCUT2D eigenvalue weighted by Gasteiger charge is 2.19. The van der Waals surface area contributed by atoms with Gasteiger partial charge in [-0.25, -0.2) is 4.79 Å². The molecule has 2 aromatic rings. The number of carbonyl (C=O) groups excluding carboxylic acids is 2. The van der Waals surface area contributed by atoms with Gasteiger partial charge in [0.25, 0.3) is 5.91 Å². The summed E-state index contributed by atoms with van der Waals surface area (Å²) in [5.74, 6) is -0.312. The lowest BCUT2D eigenvalue weighted by Gasteiger charge is -2.26. The molecule has 0 aliphatic carbocycles. The minimum Gasteiger partial charge on any atom is -0.452 e. The fourth-order valence-corrected chi connectivity index (χ4v) is 2.57. The Morgan fingerprint density at radius 3 is 2.50 bits per heavy atom. The lowest BCUT2D eigenvalue weighted by Crippen LogP contribution is -2.39. The van der Waals surface area contributed by atoms with Crippen LogP contribution in [0.4, 0.5) is 5.69 Å². The van der Waals surface area contributed by atoms with Gasteiger partial charge in [0, 0.05) is 17.8 Å². The van der Waals surface area contributed by atoms with Crippen molar-refractivity contribution in [2.75, 3.05) is 11.5 Å². The van der Waals surface area contributed by atoms with Crippen LogP contribution in [0, 0.1) is 3.77 Å². The van der Waals surface area contributed by atoms with Crippen LogP contribution in [0.5, 0.6) is 0 Å². The lowest BCUT2D eigenvalue weighted by molar-refractivity contribution is -0.143. The fraction of sp³-hybridized carbons (Fsp3) is 0.222. The highest BCUT2D eigenvalue weighted by atomic mass is 127. The first-order valence-corrected chi connectivity index (χ1v) is 8.52. The van der Waals surface area contributed by atoms with Crippen LogP contribution in [0.1, 0.15) is 19.6 Å². The number of benzene rings is 1. The molecule has 0 unspecified atom stereocenters. The van der Waals surface area contributed by atoms with Gasteiger partial charge in [-0.3, -0.25) is 4.79 Å². The molecule has 1 aromatic carbocycles. The topological polar surface area (TPSA) is 59.8 Å². The van der Waals surface area contributed by atoms with E-state index in [1.54, 1.807) is 17.0 Å². The Morgan fingerprint density at radius 2 is 1.92 bits per heavy atom. The van der Waals surface area contributed by atoms with Crippen LogP contribution >= 0.6 is 22.6 Å². The SMILES string of the molecule is CC(C)N(C(=O)COC(=O)/C=C/c1ccc(I)o1)c1ccccc1. The number of rotatable bonds is 6. The molecule has 0 radical (unpaired) electrons. The van der Waals surface area contributed by atoms with Crippen LogP contribution in [-0.2, 0) is 14.3 Å². The second-order valence-electron chi connectivity index (χ2n) is 5.28. The summed E-state index contributed by atoms with van der Waals surface area (Å²) in [4.78, 5) is 25.7. The summed E-state index contributed by atoms with van der Waals surface area (Å²) in [6.45, 7) is 3.50. The number of halogens is 1. The van der Waals surface area contributed by atoms with Crippen molar-refractivity contribution in [3.05, 3.63) is 58.1 Å². The number of hydrogen-bond acceptors (Lipinski definition) is 4. The van der Waals surface area contributed by atoms with E-state index in [1.165, 1.54) is 12.2 Å². The number of hydrogen-bond donors (Lipinski definition) is 0. The molecule has 0 aliphatic rings. The molecule has 0 aliphatic heterocycles. The molecular formula is C18H18INO4. The molecule has 1 amide bonds. The summed E-state index contributed by atoms with van der Waals surface area (Å²) in [6.07, 6.45) is 2.75. The van der Waals surface area contributed by atoms with E-state index >= 15 is 0 Å². The molecule has 5 nitrogen and oxygen atoms in total. The molecule has 0 bridgehead atoms. The van der Waals surface area contributed by atoms with Crippen molar-refractivity contribution in [3.8, 4) is 0 Å². The van der Waals surface area contributed by atoms with Gasteiger partial charge in [0.1, 0.15) is 5.76 Å². The third-order valence-electron chi connectivity index (χ3n) is 3.14. The van der Waals surface area contributed by atoms with E-state index in [2.05, 4.69) is 0 Å². The number of furan rings is 1. The van der Waals surface area contributed by atoms with Crippen molar-refractivity contribution in [2.45, 2.75) is 19.9 Å². The van der Waals surface area contributed by atoms with Crippen molar-refractivity contribution in [2.24, 2.45) is 0 Å². The van der Waals surface area contributed by atoms with E-state index in [0.717, 1.165) is 9.45 Å². The fourth-order valence-electron chi connectivity index (χ4n) is 2.14. The van der Waals surface area contributed by atoms with E-state index in [4.69, 9.17) is 9.15 Å². The molecule has 126 valence electrons. The number of nitrogens with zero attached hydrogens (tertiary/aromatic N) is 1. The predicted molar refractivity (Wildman–Crippen MR) is 100 cm³/mol. The molecule has 0 saturated carbocycles. The van der Waals surface area contributed by atoms with E-state index < -0.39 is 5.97 Å². The Hall–Kier alpha value is -2.09. The average molecular weight is 439 g/mol. The first kappa shape index (κ1) is 18.3. The number of carbonyl (C=O) groups is 2. The summed E-state index contributed by atoms with van der Waals surface area (Å²) < 4.78 is 11.1. The molecule has 2 rings (SSSR count). The third-order valence-corrected chi connectivity index (χ3v) is 3.71. The van der Waals surface area contributed by atoms with Crippen LogP contribution in [0.3, 0.4) is 0 Å². The molecule has 0 N–H and O–H groups in total. The van der Waals surface area contributed by atoms with Gasteiger partial charge in [-0.15, -0.1) is 0 Å². The minimum atomic E-state index is -0.591. The normalized spacial score (nSPS) is 11.0. The van der Waals surface area contributed by atoms with E-state index in [-0.39, 0.29) is 18.6 Å². The minimum absolute atomic E-state index is 0.0423. The van der Waals surface area contributed by atoms with Gasteiger partial charge in [0.2, 0.25) is 0 Å². The monoisotopic (exact) mass is 439 g/mol. The van der Waals surface area contributed by atoms with E-state index in [0.29, 0.717) is 5.76 Å². The Balaban J connectivity index is 1.93. The number of anilines is 1. The largest absolute Gasteiger partial charge is 0.452 e. The average Bonchev–Trinajstić information content (AvgIpc) is 2.97. The van der Waals surface area contributed by atoms with Gasteiger partial charge in [-0.1, -0.05) is 18.2 Å². The molecule has 6 heteroatoms. The van der Waals surface area contributed by atoms with Gasteiger partial charge in [-0.2, -0.15) is 0 Å². The Bertz CT molecular complexity index is 722. The van der Waals surface area contributed by atoms with Crippen LogP contribution in [-0.4, -0.2) is 24.5 Å². The molecule has 24 heavy (non-hydrogen) atoms. The van der Waals surface area contributed by atoms with Gasteiger partial charge < -0.3 is 14.1 Å². The molecular weight excluding hydrogens is 421 g/mol. The van der Waals surface area contributed by atoms with Crippen molar-refractivity contribution >= 4 is 46.2 Å². The third kappa shape index (κ3) is 5.23. The summed E-state index contributed by atoms with van der Waals surface area (Å²) in [5.41, 5.74) is 0.772. The maximum Gasteiger partial charge on any atom is 0.331 e. The standard InChI is InChI=1S/C18H18INO4/c1-13(2)20(14-6-4-3-5-7-14)17(21)12-23-18(22)11-9-15-8-10-16(19)24-15/h3-11,13H,12H2,1-2H3/b11-9+. The van der Waals surface area contributed by atoms with E-state index in [9.17, 15) is 9.59 Å². The number of amides is 1. The lowest BCUT2D eigenvalue weighted by atomic mass is 10.2. The Kier molecular flexibility index (Phi) is 6.60. The van der Waals surface area contributed by atoms with Crippen LogP contribution in [0.15, 0.2) is 53.0 Å². The smallest absolute Gasteiger partial charge is 0.331 e. The Morgan fingerprint density at radius 1 is 1.21 bits per heavy atom. The van der Waals surface area contributed by atoms with Gasteiger partial charge in [-0.05, 0) is 66.8 Å². The zero-order valence-corrected chi connectivity index (χ0v) is 15.6. The highest BCUT2D eigenvalue weighted by molar-refractivity contribution is 14.1. The molecule has 1 aromatic heterocycles. The maximum atomic E-state index is 12.4. The second-order valence-corrected chi connectivity index (χ2v) is 6.34. The van der Waals surface area contributed by atoms with Crippen LogP contribution in [0.2, 0.25) is 0 Å². The van der Waals surface area contributed by atoms with Crippen LogP contribution in [0.25, 0.3) is 6.08 Å². The van der Waals surface area contributed by atoms with Crippen molar-refractivity contribution in [3.63, 3.8) is 0 Å². The first-order chi connectivity index (χ1) is 11.5. The number of esters is 1. The van der Waals surface area contributed by atoms with Crippen molar-refractivity contribution < 1.29 is 18.7 Å². The molecule has 1 heterocycles. The molecule has 0 saturated heterocycles. The van der Waals surface area contributed by atoms with Gasteiger partial charge in [0.05, 0.1) is 0 Å². The summed E-state index contributed by atoms with van der Waals surface area (Å²) in [6, 6.07) is 12.8. The molecule has 0 fully saturated rings. The summed E-state index contributed by atoms with van der Waals surface area (Å²) in [5, 5.41) is 0. The zero-order valence-electron chi connectivity index (χ0n) is 13.4. The highest BCUT2D eigenvalue weighted by Crippen LogP contribution is 2.17. The maximum absolute atomic E-state index is 12.4. The number of para-hydroxylation sites is 1. The van der Waals surface area contributed by atoms with E-state index in [1.807, 2.05) is 66.8 Å². The molecule has 0 spiro atoms. The summed E-state index contributed by atoms with van der Waals surface area (Å²) in [7, 11) is 0. The quantitative estimate of drug-likeness (QED) is 0.390. The Labute approximate surface area is 154 Å². The van der Waals surface area contributed by atoms with Gasteiger partial charge in [0.15, 0.2) is 10.4 Å². The van der Waals surface area contributed by atoms with Crippen molar-refractivity contribution in [1.29, 1.82) is 0 Å². The van der Waals surface area contributed by atoms with Gasteiger partial charge >= 0.3 is 5.97 Å². The number of ether oxygens (including phenoxy) is 1. The first-order valence-electron chi connectivity index (χ1n) is 7.44. The molecule has 0 atom stereocenters. The summed E-state index contributed by atoms with van der Waals surface area (Å²) >= 11 is 2.03. The predicted octanol–water partition coefficient (Wildman–Crippen LogP) is 3.88. The van der Waals surface area contributed by atoms with Crippen LogP contribution < -0.4 is 4.90 Å². The van der Waals surface area contributed by atoms with Crippen molar-refractivity contribution in [1.82, 2.24) is 0 Å². The second kappa shape index (κ2) is 8.68. The zero-order chi connectivity index (χ0) is 17.5.